The normalized spacial score (nSPS) is 14.8. The highest BCUT2D eigenvalue weighted by atomic mass is 35.5. The first-order valence-corrected chi connectivity index (χ1v) is 5.75. The molecule has 0 aliphatic carbocycles. The van der Waals surface area contributed by atoms with Crippen LogP contribution in [0.1, 0.15) is 26.2 Å². The Labute approximate surface area is 73.0 Å². The van der Waals surface area contributed by atoms with Gasteiger partial charge in [0.15, 0.2) is 0 Å². The molecule has 5 heteroatoms. The molecule has 0 saturated heterocycles. The molecule has 0 heterocycles. The quantitative estimate of drug-likeness (QED) is 0.674. The fourth-order valence-electron chi connectivity index (χ4n) is 0.750. The monoisotopic (exact) mass is 199 g/mol. The lowest BCUT2D eigenvalue weighted by Crippen LogP contribution is -2.18. The topological polar surface area (TPSA) is 60.2 Å². The van der Waals surface area contributed by atoms with E-state index in [1.807, 2.05) is 6.92 Å². The van der Waals surface area contributed by atoms with Gasteiger partial charge in [0.1, 0.15) is 0 Å². The third-order valence-corrected chi connectivity index (χ3v) is 2.56. The molecule has 0 saturated carbocycles. The maximum absolute atomic E-state index is 10.5. The molecule has 0 aliphatic rings. The van der Waals surface area contributed by atoms with Crippen LogP contribution < -0.4 is 5.14 Å². The maximum Gasteiger partial charge on any atom is 0.209 e. The van der Waals surface area contributed by atoms with E-state index in [2.05, 4.69) is 0 Å². The van der Waals surface area contributed by atoms with E-state index in [4.69, 9.17) is 16.7 Å². The van der Waals surface area contributed by atoms with Crippen LogP contribution in [0.3, 0.4) is 0 Å². The number of primary sulfonamides is 1. The van der Waals surface area contributed by atoms with Crippen molar-refractivity contribution in [3.63, 3.8) is 0 Å². The van der Waals surface area contributed by atoms with Crippen molar-refractivity contribution in [2.45, 2.75) is 31.6 Å². The molecule has 3 nitrogen and oxygen atoms in total. The minimum atomic E-state index is -3.32. The van der Waals surface area contributed by atoms with Gasteiger partial charge in [0.2, 0.25) is 10.0 Å². The highest BCUT2D eigenvalue weighted by Crippen LogP contribution is 2.09. The van der Waals surface area contributed by atoms with Crippen molar-refractivity contribution >= 4 is 21.6 Å². The molecule has 68 valence electrons. The molecule has 0 fully saturated rings. The zero-order valence-corrected chi connectivity index (χ0v) is 8.16. The lowest BCUT2D eigenvalue weighted by atomic mass is 10.2. The van der Waals surface area contributed by atoms with Gasteiger partial charge in [-0.1, -0.05) is 13.3 Å². The smallest absolute Gasteiger partial charge is 0.209 e. The van der Waals surface area contributed by atoms with Gasteiger partial charge in [-0.25, -0.2) is 13.6 Å². The summed E-state index contributed by atoms with van der Waals surface area (Å²) in [6.45, 7) is 2.01. The van der Waals surface area contributed by atoms with Crippen LogP contribution >= 0.6 is 11.6 Å². The lowest BCUT2D eigenvalue weighted by Gasteiger charge is -2.05. The van der Waals surface area contributed by atoms with Crippen molar-refractivity contribution in [1.82, 2.24) is 0 Å². The Kier molecular flexibility index (Phi) is 5.04. The van der Waals surface area contributed by atoms with Crippen LogP contribution in [0.5, 0.6) is 0 Å². The molecule has 0 amide bonds. The lowest BCUT2D eigenvalue weighted by molar-refractivity contribution is 0.591. The number of nitrogens with two attached hydrogens (primary N) is 1. The van der Waals surface area contributed by atoms with Crippen LogP contribution in [0, 0.1) is 0 Å². The Morgan fingerprint density at radius 2 is 2.00 bits per heavy atom. The maximum atomic E-state index is 10.5. The van der Waals surface area contributed by atoms with E-state index in [0.717, 1.165) is 12.8 Å². The van der Waals surface area contributed by atoms with Gasteiger partial charge in [-0.15, -0.1) is 11.6 Å². The van der Waals surface area contributed by atoms with Crippen LogP contribution in [0.15, 0.2) is 0 Å². The van der Waals surface area contributed by atoms with Crippen molar-refractivity contribution in [2.75, 3.05) is 5.75 Å². The summed E-state index contributed by atoms with van der Waals surface area (Å²) in [5.41, 5.74) is 0. The predicted molar refractivity (Wildman–Crippen MR) is 47.1 cm³/mol. The number of sulfonamides is 1. The summed E-state index contributed by atoms with van der Waals surface area (Å²) in [4.78, 5) is 0. The largest absolute Gasteiger partial charge is 0.229 e. The van der Waals surface area contributed by atoms with E-state index in [1.165, 1.54) is 0 Å². The molecule has 0 aliphatic heterocycles. The molecule has 1 atom stereocenters. The highest BCUT2D eigenvalue weighted by molar-refractivity contribution is 7.89. The van der Waals surface area contributed by atoms with Gasteiger partial charge < -0.3 is 0 Å². The highest BCUT2D eigenvalue weighted by Gasteiger charge is 2.08. The second-order valence-corrected chi connectivity index (χ2v) is 4.89. The second-order valence-electron chi connectivity index (χ2n) is 2.54. The molecule has 0 rings (SSSR count). The first kappa shape index (κ1) is 11.2. The Balaban J connectivity index is 3.54. The van der Waals surface area contributed by atoms with Gasteiger partial charge in [-0.2, -0.15) is 0 Å². The van der Waals surface area contributed by atoms with Crippen molar-refractivity contribution in [3.8, 4) is 0 Å². The summed E-state index contributed by atoms with van der Waals surface area (Å²) in [5.74, 6) is -0.0127. The summed E-state index contributed by atoms with van der Waals surface area (Å²) >= 11 is 5.77. The van der Waals surface area contributed by atoms with E-state index >= 15 is 0 Å². The van der Waals surface area contributed by atoms with Crippen LogP contribution in [-0.4, -0.2) is 19.5 Å². The molecule has 0 aromatic carbocycles. The fourth-order valence-corrected chi connectivity index (χ4v) is 1.82. The molecule has 2 N–H and O–H groups in total. The zero-order valence-electron chi connectivity index (χ0n) is 6.59. The number of halogens is 1. The first-order valence-electron chi connectivity index (χ1n) is 3.60. The molecular weight excluding hydrogens is 186 g/mol. The number of alkyl halides is 1. The minimum Gasteiger partial charge on any atom is -0.229 e. The molecule has 0 bridgehead atoms. The average molecular weight is 200 g/mol. The van der Waals surface area contributed by atoms with Crippen molar-refractivity contribution in [2.24, 2.45) is 5.14 Å². The standard InChI is InChI=1S/C6H14ClNO2S/c1-2-3-6(7)4-5-11(8,9)10/h6H,2-5H2,1H3,(H2,8,9,10). The third-order valence-electron chi connectivity index (χ3n) is 1.32. The number of hydrogen-bond acceptors (Lipinski definition) is 2. The fraction of sp³-hybridized carbons (Fsp3) is 1.00. The predicted octanol–water partition coefficient (Wildman–Crippen LogP) is 1.07. The molecule has 11 heavy (non-hydrogen) atoms. The van der Waals surface area contributed by atoms with Crippen LogP contribution in [0.4, 0.5) is 0 Å². The van der Waals surface area contributed by atoms with E-state index in [-0.39, 0.29) is 11.1 Å². The minimum absolute atomic E-state index is 0.0127. The summed E-state index contributed by atoms with van der Waals surface area (Å²) in [6, 6.07) is 0. The third kappa shape index (κ3) is 8.10. The van der Waals surface area contributed by atoms with Crippen LogP contribution in [-0.2, 0) is 10.0 Å². The summed E-state index contributed by atoms with van der Waals surface area (Å²) in [7, 11) is -3.32. The van der Waals surface area contributed by atoms with Crippen molar-refractivity contribution < 1.29 is 8.42 Å². The van der Waals surface area contributed by atoms with Gasteiger partial charge in [0.25, 0.3) is 0 Å². The second kappa shape index (κ2) is 4.95. The molecular formula is C6H14ClNO2S. The number of rotatable bonds is 5. The Morgan fingerprint density at radius 1 is 1.45 bits per heavy atom. The van der Waals surface area contributed by atoms with Crippen molar-refractivity contribution in [1.29, 1.82) is 0 Å². The Hall–Kier alpha value is 0.200. The van der Waals surface area contributed by atoms with Crippen molar-refractivity contribution in [3.05, 3.63) is 0 Å². The zero-order chi connectivity index (χ0) is 8.91. The van der Waals surface area contributed by atoms with Crippen LogP contribution in [0.2, 0.25) is 0 Å². The summed E-state index contributed by atoms with van der Waals surface area (Å²) < 4.78 is 20.9. The molecule has 1 unspecified atom stereocenters. The summed E-state index contributed by atoms with van der Waals surface area (Å²) in [6.07, 6.45) is 2.27. The van der Waals surface area contributed by atoms with E-state index in [0.29, 0.717) is 6.42 Å². The SMILES string of the molecule is CCCC(Cl)CCS(N)(=O)=O. The Bertz CT molecular complexity index is 191. The molecule has 0 aromatic rings. The van der Waals surface area contributed by atoms with Gasteiger partial charge in [-0.05, 0) is 12.8 Å². The van der Waals surface area contributed by atoms with E-state index < -0.39 is 10.0 Å². The average Bonchev–Trinajstić information content (AvgIpc) is 1.83. The molecule has 0 radical (unpaired) electrons. The van der Waals surface area contributed by atoms with E-state index in [1.54, 1.807) is 0 Å². The Morgan fingerprint density at radius 3 is 2.36 bits per heavy atom. The molecule has 0 spiro atoms. The van der Waals surface area contributed by atoms with Gasteiger partial charge >= 0.3 is 0 Å². The summed E-state index contributed by atoms with van der Waals surface area (Å²) in [5, 5.41) is 4.74. The van der Waals surface area contributed by atoms with E-state index in [9.17, 15) is 8.42 Å². The van der Waals surface area contributed by atoms with Gasteiger partial charge in [0.05, 0.1) is 5.75 Å². The van der Waals surface area contributed by atoms with Gasteiger partial charge in [-0.3, -0.25) is 0 Å². The number of hydrogen-bond donors (Lipinski definition) is 1. The molecule has 0 aromatic heterocycles. The first-order chi connectivity index (χ1) is 4.95. The van der Waals surface area contributed by atoms with Crippen LogP contribution in [0.25, 0.3) is 0 Å². The van der Waals surface area contributed by atoms with Gasteiger partial charge in [0, 0.05) is 5.38 Å².